The van der Waals surface area contributed by atoms with Crippen LogP contribution in [0, 0.1) is 5.82 Å². The molecule has 0 spiro atoms. The molecule has 0 aliphatic heterocycles. The average Bonchev–Trinajstić information content (AvgIpc) is 3.18. The molecule has 1 aliphatic rings. The van der Waals surface area contributed by atoms with E-state index in [4.69, 9.17) is 5.73 Å². The van der Waals surface area contributed by atoms with E-state index in [1.165, 1.54) is 12.5 Å². The van der Waals surface area contributed by atoms with Gasteiger partial charge in [0.15, 0.2) is 5.82 Å². The highest BCUT2D eigenvalue weighted by molar-refractivity contribution is 5.90. The van der Waals surface area contributed by atoms with Crippen LogP contribution in [0.4, 0.5) is 10.1 Å². The largest absolute Gasteiger partial charge is 0.439 e. The lowest BCUT2D eigenvalue weighted by atomic mass is 9.92. The summed E-state index contributed by atoms with van der Waals surface area (Å²) in [6.07, 6.45) is 3.34. The van der Waals surface area contributed by atoms with E-state index in [9.17, 15) is 9.18 Å². The van der Waals surface area contributed by atoms with E-state index in [1.54, 1.807) is 6.07 Å². The first-order valence-corrected chi connectivity index (χ1v) is 8.87. The molecule has 4 aromatic rings. The maximum absolute atomic E-state index is 14.7. The second-order valence-corrected chi connectivity index (χ2v) is 6.94. The number of aromatic amines is 1. The Hall–Kier alpha value is -3.06. The van der Waals surface area contributed by atoms with Gasteiger partial charge in [0.2, 0.25) is 0 Å². The second-order valence-electron chi connectivity index (χ2n) is 6.94. The van der Waals surface area contributed by atoms with E-state index in [-0.39, 0.29) is 23.8 Å². The highest BCUT2D eigenvalue weighted by Crippen LogP contribution is 2.41. The van der Waals surface area contributed by atoms with Crippen LogP contribution < -0.4 is 11.5 Å². The molecule has 1 saturated carbocycles. The normalized spacial score (nSPS) is 14.0. The third-order valence-corrected chi connectivity index (χ3v) is 5.27. The Kier molecular flexibility index (Phi) is 4.47. The molecule has 0 unspecified atom stereocenters. The van der Waals surface area contributed by atoms with E-state index in [0.717, 1.165) is 35.0 Å². The smallest absolute Gasteiger partial charge is 0.399 e. The van der Waals surface area contributed by atoms with Crippen molar-refractivity contribution < 1.29 is 8.91 Å². The minimum absolute atomic E-state index is 0. The number of hydrogen-bond donors (Lipinski definition) is 2. The number of H-pyrrole nitrogens is 1. The van der Waals surface area contributed by atoms with E-state index >= 15 is 0 Å². The van der Waals surface area contributed by atoms with Gasteiger partial charge >= 0.3 is 5.76 Å². The van der Waals surface area contributed by atoms with Crippen LogP contribution in [0.25, 0.3) is 33.5 Å². The molecule has 0 bridgehead atoms. The first-order chi connectivity index (χ1) is 13.1. The summed E-state index contributed by atoms with van der Waals surface area (Å²) in [5.74, 6) is -1.07. The van der Waals surface area contributed by atoms with Crippen molar-refractivity contribution in [2.45, 2.75) is 25.3 Å². The zero-order valence-electron chi connectivity index (χ0n) is 14.8. The van der Waals surface area contributed by atoms with E-state index < -0.39 is 11.6 Å². The average molecular weight is 401 g/mol. The number of hydrogen-bond acceptors (Lipinski definition) is 4. The number of benzene rings is 2. The third-order valence-electron chi connectivity index (χ3n) is 5.27. The third kappa shape index (κ3) is 2.88. The molecule has 1 aliphatic carbocycles. The lowest BCUT2D eigenvalue weighted by Gasteiger charge is -2.30. The van der Waals surface area contributed by atoms with Gasteiger partial charge in [-0.3, -0.25) is 9.51 Å². The molecule has 0 amide bonds. The van der Waals surface area contributed by atoms with Crippen molar-refractivity contribution in [2.24, 2.45) is 0 Å². The highest BCUT2D eigenvalue weighted by Gasteiger charge is 2.25. The molecule has 2 heterocycles. The van der Waals surface area contributed by atoms with Crippen LogP contribution in [0.2, 0.25) is 0 Å². The van der Waals surface area contributed by atoms with Crippen molar-refractivity contribution in [3.8, 4) is 22.6 Å². The molecule has 0 saturated heterocycles. The fourth-order valence-electron chi connectivity index (χ4n) is 3.69. The van der Waals surface area contributed by atoms with Crippen molar-refractivity contribution >= 4 is 29.0 Å². The summed E-state index contributed by atoms with van der Waals surface area (Å²) in [6, 6.07) is 13.3. The molecule has 144 valence electrons. The van der Waals surface area contributed by atoms with Crippen molar-refractivity contribution in [2.75, 3.05) is 5.73 Å². The second kappa shape index (κ2) is 6.83. The van der Waals surface area contributed by atoms with Gasteiger partial charge in [-0.1, -0.05) is 17.3 Å². The van der Waals surface area contributed by atoms with E-state index in [0.29, 0.717) is 11.7 Å². The van der Waals surface area contributed by atoms with Gasteiger partial charge in [0.05, 0.1) is 5.56 Å². The molecule has 0 atom stereocenters. The van der Waals surface area contributed by atoms with Gasteiger partial charge in [-0.15, -0.1) is 12.4 Å². The van der Waals surface area contributed by atoms with Crippen molar-refractivity contribution in [3.63, 3.8) is 0 Å². The maximum Gasteiger partial charge on any atom is 0.439 e. The Morgan fingerprint density at radius 3 is 2.54 bits per heavy atom. The fraction of sp³-hybridized carbons (Fsp3) is 0.200. The maximum atomic E-state index is 14.7. The Morgan fingerprint density at radius 1 is 1.18 bits per heavy atom. The minimum Gasteiger partial charge on any atom is -0.399 e. The van der Waals surface area contributed by atoms with Gasteiger partial charge < -0.3 is 10.3 Å². The number of nitrogens with zero attached hydrogens (tertiary/aromatic N) is 2. The predicted octanol–water partition coefficient (Wildman–Crippen LogP) is 4.52. The molecule has 6 nitrogen and oxygen atoms in total. The number of nitrogens with two attached hydrogens (primary N) is 1. The summed E-state index contributed by atoms with van der Waals surface area (Å²) in [7, 11) is 0. The number of aromatic nitrogens is 3. The molecule has 0 radical (unpaired) electrons. The van der Waals surface area contributed by atoms with E-state index in [2.05, 4.69) is 19.2 Å². The molecule has 28 heavy (non-hydrogen) atoms. The summed E-state index contributed by atoms with van der Waals surface area (Å²) < 4.78 is 21.5. The Labute approximate surface area is 165 Å². The summed E-state index contributed by atoms with van der Waals surface area (Å²) in [6.45, 7) is 0. The Bertz CT molecular complexity index is 1210. The topological polar surface area (TPSA) is 89.8 Å². The van der Waals surface area contributed by atoms with Crippen molar-refractivity contribution in [3.05, 3.63) is 58.8 Å². The molecule has 1 fully saturated rings. The summed E-state index contributed by atoms with van der Waals surface area (Å²) in [5, 5.41) is 4.44. The fourth-order valence-corrected chi connectivity index (χ4v) is 3.69. The first kappa shape index (κ1) is 18.3. The quantitative estimate of drug-likeness (QED) is 0.495. The van der Waals surface area contributed by atoms with Crippen LogP contribution in [-0.4, -0.2) is 14.7 Å². The lowest BCUT2D eigenvalue weighted by molar-refractivity contribution is 0.324. The van der Waals surface area contributed by atoms with Gasteiger partial charge in [0.1, 0.15) is 5.82 Å². The summed E-state index contributed by atoms with van der Waals surface area (Å²) in [4.78, 5) is 13.7. The standard InChI is InChI=1S/C20H17FN4O2.ClH/c21-16-8-12-9-17(11-4-6-13(22)7-5-11)25(14-2-1-3-14)18(12)10-15(16)19-23-20(26)27-24-19;/h4-10,14H,1-3,22H2,(H,23,24,26);1H. The van der Waals surface area contributed by atoms with Crippen LogP contribution in [0.3, 0.4) is 0 Å². The Balaban J connectivity index is 0.00000192. The van der Waals surface area contributed by atoms with Crippen LogP contribution in [0.15, 0.2) is 51.8 Å². The molecule has 3 N–H and O–H groups in total. The zero-order chi connectivity index (χ0) is 18.5. The predicted molar refractivity (Wildman–Crippen MR) is 108 cm³/mol. The van der Waals surface area contributed by atoms with Crippen molar-refractivity contribution in [1.82, 2.24) is 14.7 Å². The first-order valence-electron chi connectivity index (χ1n) is 8.87. The van der Waals surface area contributed by atoms with Crippen molar-refractivity contribution in [1.29, 1.82) is 0 Å². The van der Waals surface area contributed by atoms with Gasteiger partial charge in [-0.2, -0.15) is 0 Å². The van der Waals surface area contributed by atoms with Crippen LogP contribution in [0.1, 0.15) is 25.3 Å². The summed E-state index contributed by atoms with van der Waals surface area (Å²) in [5.41, 5.74) is 9.71. The van der Waals surface area contributed by atoms with Gasteiger partial charge in [0, 0.05) is 28.3 Å². The number of anilines is 1. The number of rotatable bonds is 3. The van der Waals surface area contributed by atoms with Crippen LogP contribution in [-0.2, 0) is 0 Å². The molecule has 8 heteroatoms. The minimum atomic E-state index is -0.707. The SMILES string of the molecule is Cl.Nc1ccc(-c2cc3cc(F)c(-c4noc(=O)[nH]4)cc3n2C2CCC2)cc1. The molecular weight excluding hydrogens is 383 g/mol. The monoisotopic (exact) mass is 400 g/mol. The highest BCUT2D eigenvalue weighted by atomic mass is 35.5. The van der Waals surface area contributed by atoms with Crippen LogP contribution >= 0.6 is 12.4 Å². The number of nitrogen functional groups attached to an aromatic ring is 1. The lowest BCUT2D eigenvalue weighted by Crippen LogP contribution is -2.17. The van der Waals surface area contributed by atoms with Gasteiger partial charge in [-0.25, -0.2) is 9.18 Å². The van der Waals surface area contributed by atoms with E-state index in [1.807, 2.05) is 30.3 Å². The molecule has 2 aromatic carbocycles. The molecule has 2 aromatic heterocycles. The number of nitrogens with one attached hydrogen (secondary N) is 1. The summed E-state index contributed by atoms with van der Waals surface area (Å²) >= 11 is 0. The van der Waals surface area contributed by atoms with Gasteiger partial charge in [0.25, 0.3) is 0 Å². The molecule has 5 rings (SSSR count). The number of fused-ring (bicyclic) bond motifs is 1. The zero-order valence-corrected chi connectivity index (χ0v) is 15.6. The van der Waals surface area contributed by atoms with Gasteiger partial charge in [-0.05, 0) is 55.2 Å². The Morgan fingerprint density at radius 2 is 1.93 bits per heavy atom. The molecular formula is C20H18ClFN4O2. The number of halogens is 2. The van der Waals surface area contributed by atoms with Crippen LogP contribution in [0.5, 0.6) is 0 Å².